The molecule has 1 heterocycles. The maximum atomic E-state index is 12.0. The lowest BCUT2D eigenvalue weighted by molar-refractivity contribution is -0.121. The van der Waals surface area contributed by atoms with E-state index in [1.54, 1.807) is 12.4 Å². The third-order valence-corrected chi connectivity index (χ3v) is 3.63. The molecule has 0 aliphatic carbocycles. The number of aromatic nitrogens is 1. The van der Waals surface area contributed by atoms with Gasteiger partial charge in [0.05, 0.1) is 6.04 Å². The van der Waals surface area contributed by atoms with Crippen molar-refractivity contribution in [1.82, 2.24) is 10.3 Å². The second-order valence-electron chi connectivity index (χ2n) is 5.25. The number of amides is 1. The second kappa shape index (κ2) is 7.58. The summed E-state index contributed by atoms with van der Waals surface area (Å²) in [5.41, 5.74) is 3.56. The highest BCUT2D eigenvalue weighted by atomic mass is 16.1. The van der Waals surface area contributed by atoms with Crippen molar-refractivity contribution in [1.29, 1.82) is 0 Å². The molecule has 2 aromatic rings. The molecular weight excluding hydrogens is 260 g/mol. The minimum atomic E-state index is -0.00586. The third kappa shape index (κ3) is 4.71. The Morgan fingerprint density at radius 1 is 1.19 bits per heavy atom. The molecule has 1 amide bonds. The molecule has 3 heteroatoms. The maximum absolute atomic E-state index is 12.0. The first kappa shape index (κ1) is 15.2. The van der Waals surface area contributed by atoms with Crippen LogP contribution in [-0.2, 0) is 17.6 Å². The largest absolute Gasteiger partial charge is 0.350 e. The first-order valence-electron chi connectivity index (χ1n) is 7.46. The van der Waals surface area contributed by atoms with Crippen LogP contribution in [0, 0.1) is 0 Å². The van der Waals surface area contributed by atoms with E-state index in [2.05, 4.69) is 41.5 Å². The quantitative estimate of drug-likeness (QED) is 0.881. The van der Waals surface area contributed by atoms with Crippen molar-refractivity contribution in [2.24, 2.45) is 0 Å². The van der Waals surface area contributed by atoms with Gasteiger partial charge in [-0.2, -0.15) is 0 Å². The van der Waals surface area contributed by atoms with Gasteiger partial charge in [-0.1, -0.05) is 37.3 Å². The normalized spacial score (nSPS) is 11.9. The monoisotopic (exact) mass is 282 g/mol. The zero-order valence-electron chi connectivity index (χ0n) is 12.7. The van der Waals surface area contributed by atoms with E-state index in [0.29, 0.717) is 6.42 Å². The molecule has 0 aliphatic rings. The molecule has 1 aromatic heterocycles. The smallest absolute Gasteiger partial charge is 0.220 e. The van der Waals surface area contributed by atoms with Gasteiger partial charge in [0.1, 0.15) is 0 Å². The minimum absolute atomic E-state index is 0.00586. The predicted molar refractivity (Wildman–Crippen MR) is 84.9 cm³/mol. The van der Waals surface area contributed by atoms with Crippen molar-refractivity contribution >= 4 is 5.91 Å². The fraction of sp³-hybridized carbons (Fsp3) is 0.333. The zero-order valence-corrected chi connectivity index (χ0v) is 12.7. The Morgan fingerprint density at radius 2 is 1.90 bits per heavy atom. The number of carbonyl (C=O) groups is 1. The van der Waals surface area contributed by atoms with Crippen molar-refractivity contribution in [3.63, 3.8) is 0 Å². The number of pyridine rings is 1. The number of carbonyl (C=O) groups excluding carboxylic acids is 1. The van der Waals surface area contributed by atoms with Crippen LogP contribution in [0.2, 0.25) is 0 Å². The van der Waals surface area contributed by atoms with E-state index in [0.717, 1.165) is 18.4 Å². The molecule has 0 radical (unpaired) electrons. The van der Waals surface area contributed by atoms with E-state index in [4.69, 9.17) is 0 Å². The average Bonchev–Trinajstić information content (AvgIpc) is 2.54. The van der Waals surface area contributed by atoms with Gasteiger partial charge in [-0.05, 0) is 42.5 Å². The molecule has 1 atom stereocenters. The highest BCUT2D eigenvalue weighted by Crippen LogP contribution is 2.11. The lowest BCUT2D eigenvalue weighted by atomic mass is 10.1. The van der Waals surface area contributed by atoms with E-state index in [1.165, 1.54) is 11.1 Å². The number of hydrogen-bond donors (Lipinski definition) is 1. The summed E-state index contributed by atoms with van der Waals surface area (Å²) in [6.45, 7) is 4.12. The van der Waals surface area contributed by atoms with E-state index < -0.39 is 0 Å². The molecule has 0 saturated heterocycles. The molecule has 1 unspecified atom stereocenters. The zero-order chi connectivity index (χ0) is 15.1. The Labute approximate surface area is 126 Å². The number of nitrogens with one attached hydrogen (secondary N) is 1. The lowest BCUT2D eigenvalue weighted by Gasteiger charge is -2.13. The van der Waals surface area contributed by atoms with Crippen LogP contribution in [0.5, 0.6) is 0 Å². The van der Waals surface area contributed by atoms with Crippen LogP contribution in [0.25, 0.3) is 0 Å². The number of aryl methyl sites for hydroxylation is 2. The van der Waals surface area contributed by atoms with Gasteiger partial charge in [-0.3, -0.25) is 9.78 Å². The van der Waals surface area contributed by atoms with Crippen LogP contribution < -0.4 is 5.32 Å². The molecule has 1 aromatic carbocycles. The van der Waals surface area contributed by atoms with Crippen molar-refractivity contribution in [3.8, 4) is 0 Å². The van der Waals surface area contributed by atoms with Gasteiger partial charge in [0, 0.05) is 18.8 Å². The fourth-order valence-corrected chi connectivity index (χ4v) is 2.23. The number of hydrogen-bond acceptors (Lipinski definition) is 2. The molecule has 110 valence electrons. The summed E-state index contributed by atoms with van der Waals surface area (Å²) >= 11 is 0. The minimum Gasteiger partial charge on any atom is -0.350 e. The summed E-state index contributed by atoms with van der Waals surface area (Å²) in [4.78, 5) is 16.1. The summed E-state index contributed by atoms with van der Waals surface area (Å²) in [6, 6.07) is 12.3. The SMILES string of the molecule is CCc1ccc(CCC(=O)NC(C)c2cccnc2)cc1. The van der Waals surface area contributed by atoms with Crippen LogP contribution in [0.3, 0.4) is 0 Å². The first-order valence-corrected chi connectivity index (χ1v) is 7.46. The van der Waals surface area contributed by atoms with Crippen LogP contribution in [0.4, 0.5) is 0 Å². The van der Waals surface area contributed by atoms with Crippen molar-refractivity contribution in [2.75, 3.05) is 0 Å². The number of benzene rings is 1. The van der Waals surface area contributed by atoms with Gasteiger partial charge in [0.15, 0.2) is 0 Å². The fourth-order valence-electron chi connectivity index (χ4n) is 2.23. The Morgan fingerprint density at radius 3 is 2.52 bits per heavy atom. The van der Waals surface area contributed by atoms with Crippen molar-refractivity contribution in [2.45, 2.75) is 39.2 Å². The highest BCUT2D eigenvalue weighted by molar-refractivity contribution is 5.76. The van der Waals surface area contributed by atoms with E-state index in [1.807, 2.05) is 19.1 Å². The molecule has 3 nitrogen and oxygen atoms in total. The van der Waals surface area contributed by atoms with Crippen LogP contribution in [0.1, 0.15) is 43.0 Å². The lowest BCUT2D eigenvalue weighted by Crippen LogP contribution is -2.26. The van der Waals surface area contributed by atoms with Gasteiger partial charge in [-0.15, -0.1) is 0 Å². The van der Waals surface area contributed by atoms with Crippen LogP contribution in [0.15, 0.2) is 48.8 Å². The highest BCUT2D eigenvalue weighted by Gasteiger charge is 2.09. The Hall–Kier alpha value is -2.16. The van der Waals surface area contributed by atoms with Crippen LogP contribution >= 0.6 is 0 Å². The van der Waals surface area contributed by atoms with Crippen molar-refractivity contribution in [3.05, 3.63) is 65.5 Å². The average molecular weight is 282 g/mol. The van der Waals surface area contributed by atoms with E-state index in [-0.39, 0.29) is 11.9 Å². The van der Waals surface area contributed by atoms with E-state index in [9.17, 15) is 4.79 Å². The predicted octanol–water partition coefficient (Wildman–Crippen LogP) is 3.45. The first-order chi connectivity index (χ1) is 10.2. The van der Waals surface area contributed by atoms with Crippen molar-refractivity contribution < 1.29 is 4.79 Å². The summed E-state index contributed by atoms with van der Waals surface area (Å²) in [5, 5.41) is 3.01. The summed E-state index contributed by atoms with van der Waals surface area (Å²) in [5.74, 6) is 0.0749. The molecule has 2 rings (SSSR count). The Kier molecular flexibility index (Phi) is 5.50. The number of nitrogens with zero attached hydrogens (tertiary/aromatic N) is 1. The Bertz CT molecular complexity index is 564. The topological polar surface area (TPSA) is 42.0 Å². The van der Waals surface area contributed by atoms with Gasteiger partial charge in [0.25, 0.3) is 0 Å². The molecule has 1 N–H and O–H groups in total. The Balaban J connectivity index is 1.81. The number of rotatable bonds is 6. The van der Waals surface area contributed by atoms with Gasteiger partial charge >= 0.3 is 0 Å². The molecule has 0 aliphatic heterocycles. The van der Waals surface area contributed by atoms with E-state index >= 15 is 0 Å². The molecule has 0 fully saturated rings. The molecule has 0 bridgehead atoms. The molecule has 21 heavy (non-hydrogen) atoms. The van der Waals surface area contributed by atoms with Gasteiger partial charge in [-0.25, -0.2) is 0 Å². The third-order valence-electron chi connectivity index (χ3n) is 3.63. The van der Waals surface area contributed by atoms with Gasteiger partial charge < -0.3 is 5.32 Å². The summed E-state index contributed by atoms with van der Waals surface area (Å²) < 4.78 is 0. The van der Waals surface area contributed by atoms with Gasteiger partial charge in [0.2, 0.25) is 5.91 Å². The van der Waals surface area contributed by atoms with Crippen LogP contribution in [-0.4, -0.2) is 10.9 Å². The molecule has 0 spiro atoms. The molecular formula is C18H22N2O. The maximum Gasteiger partial charge on any atom is 0.220 e. The second-order valence-corrected chi connectivity index (χ2v) is 5.25. The summed E-state index contributed by atoms with van der Waals surface area (Å²) in [7, 11) is 0. The summed E-state index contributed by atoms with van der Waals surface area (Å²) in [6.07, 6.45) is 5.85. The standard InChI is InChI=1S/C18H22N2O/c1-3-15-6-8-16(9-7-15)10-11-18(21)20-14(2)17-5-4-12-19-13-17/h4-9,12-14H,3,10-11H2,1-2H3,(H,20,21). The molecule has 0 saturated carbocycles.